The monoisotopic (exact) mass is 295 g/mol. The van der Waals surface area contributed by atoms with Crippen molar-refractivity contribution < 1.29 is 9.84 Å². The first-order valence-corrected chi connectivity index (χ1v) is 6.66. The van der Waals surface area contributed by atoms with Crippen molar-refractivity contribution in [1.29, 1.82) is 5.26 Å². The number of aromatic hydroxyl groups is 1. The molecule has 0 bridgehead atoms. The fourth-order valence-corrected chi connectivity index (χ4v) is 2.36. The smallest absolute Gasteiger partial charge is 0.271 e. The fraction of sp³-hybridized carbons (Fsp3) is 0.188. The number of hydrogen-bond acceptors (Lipinski definition) is 5. The Labute approximate surface area is 126 Å². The van der Waals surface area contributed by atoms with E-state index in [1.807, 2.05) is 13.8 Å². The summed E-state index contributed by atoms with van der Waals surface area (Å²) in [5.74, 6) is 0.293. The molecule has 1 N–H and O–H groups in total. The number of fused-ring (bicyclic) bond motifs is 1. The number of nitriles is 1. The minimum absolute atomic E-state index is 0.261. The first-order valence-electron chi connectivity index (χ1n) is 6.66. The summed E-state index contributed by atoms with van der Waals surface area (Å²) in [4.78, 5) is 12.1. The molecule has 0 fully saturated rings. The first-order chi connectivity index (χ1) is 10.4. The van der Waals surface area contributed by atoms with Crippen molar-refractivity contribution in [3.05, 3.63) is 57.9 Å². The standard InChI is InChI=1S/C16H13N3O3/c1-16(2)8-12(19-15(21)6-5-14(20)18-19)11-7-10(9-17)3-4-13(11)22-16/h3-8H,1-2H3,(H,18,20). The minimum atomic E-state index is -0.650. The molecule has 6 heteroatoms. The molecule has 0 aliphatic carbocycles. The van der Waals surface area contributed by atoms with Crippen LogP contribution in [0.3, 0.4) is 0 Å². The number of rotatable bonds is 1. The van der Waals surface area contributed by atoms with E-state index in [2.05, 4.69) is 11.2 Å². The number of ether oxygens (including phenoxy) is 1. The van der Waals surface area contributed by atoms with Gasteiger partial charge in [0.15, 0.2) is 0 Å². The number of nitrogens with zero attached hydrogens (tertiary/aromatic N) is 3. The molecule has 3 rings (SSSR count). The highest BCUT2D eigenvalue weighted by Crippen LogP contribution is 2.36. The molecule has 0 saturated heterocycles. The number of hydrogen-bond donors (Lipinski definition) is 1. The lowest BCUT2D eigenvalue weighted by atomic mass is 9.98. The normalized spacial score (nSPS) is 15.2. The zero-order valence-electron chi connectivity index (χ0n) is 12.1. The Bertz CT molecular complexity index is 888. The van der Waals surface area contributed by atoms with Crippen LogP contribution in [0.2, 0.25) is 0 Å². The minimum Gasteiger partial charge on any atom is -0.492 e. The summed E-state index contributed by atoms with van der Waals surface area (Å²) in [6, 6.07) is 9.50. The maximum absolute atomic E-state index is 12.1. The van der Waals surface area contributed by atoms with Crippen LogP contribution in [0.5, 0.6) is 11.6 Å². The maximum Gasteiger partial charge on any atom is 0.271 e. The quantitative estimate of drug-likeness (QED) is 0.867. The van der Waals surface area contributed by atoms with Crippen molar-refractivity contribution in [2.45, 2.75) is 19.4 Å². The molecule has 2 heterocycles. The average Bonchev–Trinajstić information content (AvgIpc) is 2.47. The Kier molecular flexibility index (Phi) is 2.99. The van der Waals surface area contributed by atoms with E-state index in [4.69, 9.17) is 10.00 Å². The molecule has 0 amide bonds. The summed E-state index contributed by atoms with van der Waals surface area (Å²) in [5, 5.41) is 22.5. The van der Waals surface area contributed by atoms with Gasteiger partial charge in [-0.2, -0.15) is 9.94 Å². The molecule has 0 atom stereocenters. The summed E-state index contributed by atoms with van der Waals surface area (Å²) in [6.45, 7) is 3.70. The molecular weight excluding hydrogens is 282 g/mol. The largest absolute Gasteiger partial charge is 0.492 e. The molecule has 2 aromatic rings. The Hall–Kier alpha value is -3.07. The predicted molar refractivity (Wildman–Crippen MR) is 79.4 cm³/mol. The van der Waals surface area contributed by atoms with Gasteiger partial charge in [0.2, 0.25) is 5.88 Å². The van der Waals surface area contributed by atoms with Gasteiger partial charge in [0.25, 0.3) is 5.56 Å². The Balaban J connectivity index is 2.30. The lowest BCUT2D eigenvalue weighted by Gasteiger charge is -2.31. The molecule has 1 aromatic carbocycles. The summed E-state index contributed by atoms with van der Waals surface area (Å²) in [5.41, 5.74) is 0.474. The van der Waals surface area contributed by atoms with Gasteiger partial charge in [-0.25, -0.2) is 0 Å². The zero-order chi connectivity index (χ0) is 15.9. The van der Waals surface area contributed by atoms with Crippen LogP contribution < -0.4 is 10.3 Å². The highest BCUT2D eigenvalue weighted by Gasteiger charge is 2.28. The predicted octanol–water partition coefficient (Wildman–Crippen LogP) is 1.88. The van der Waals surface area contributed by atoms with Crippen molar-refractivity contribution in [1.82, 2.24) is 9.78 Å². The first kappa shape index (κ1) is 13.9. The molecule has 0 radical (unpaired) electrons. The molecule has 6 nitrogen and oxygen atoms in total. The molecule has 0 unspecified atom stereocenters. The molecule has 22 heavy (non-hydrogen) atoms. The Morgan fingerprint density at radius 3 is 2.82 bits per heavy atom. The molecular formula is C16H13N3O3. The van der Waals surface area contributed by atoms with E-state index in [0.717, 1.165) is 4.68 Å². The second-order valence-electron chi connectivity index (χ2n) is 5.50. The third-order valence-electron chi connectivity index (χ3n) is 3.26. The van der Waals surface area contributed by atoms with Crippen molar-refractivity contribution >= 4 is 5.70 Å². The van der Waals surface area contributed by atoms with Crippen molar-refractivity contribution in [2.75, 3.05) is 0 Å². The molecule has 0 saturated carbocycles. The van der Waals surface area contributed by atoms with Gasteiger partial charge in [-0.15, -0.1) is 5.10 Å². The van der Waals surface area contributed by atoms with Crippen molar-refractivity contribution in [3.63, 3.8) is 0 Å². The second-order valence-corrected chi connectivity index (χ2v) is 5.50. The molecule has 0 spiro atoms. The topological polar surface area (TPSA) is 88.1 Å². The van der Waals surface area contributed by atoms with Crippen molar-refractivity contribution in [3.8, 4) is 17.7 Å². The van der Waals surface area contributed by atoms with Gasteiger partial charge in [0, 0.05) is 17.7 Å². The van der Waals surface area contributed by atoms with Crippen LogP contribution >= 0.6 is 0 Å². The van der Waals surface area contributed by atoms with E-state index < -0.39 is 5.60 Å². The highest BCUT2D eigenvalue weighted by atomic mass is 16.5. The van der Waals surface area contributed by atoms with Crippen LogP contribution in [0.25, 0.3) is 5.70 Å². The van der Waals surface area contributed by atoms with Crippen LogP contribution in [-0.4, -0.2) is 20.5 Å². The van der Waals surface area contributed by atoms with E-state index in [0.29, 0.717) is 22.6 Å². The van der Waals surface area contributed by atoms with Gasteiger partial charge in [0.05, 0.1) is 17.3 Å². The number of aromatic nitrogens is 2. The van der Waals surface area contributed by atoms with Gasteiger partial charge < -0.3 is 9.84 Å². The average molecular weight is 295 g/mol. The van der Waals surface area contributed by atoms with E-state index in [-0.39, 0.29) is 11.4 Å². The molecule has 1 aliphatic heterocycles. The van der Waals surface area contributed by atoms with Crippen LogP contribution in [0.15, 0.2) is 41.2 Å². The molecule has 1 aromatic heterocycles. The third-order valence-corrected chi connectivity index (χ3v) is 3.26. The highest BCUT2D eigenvalue weighted by molar-refractivity contribution is 5.74. The van der Waals surface area contributed by atoms with Gasteiger partial charge in [-0.3, -0.25) is 4.79 Å². The summed E-state index contributed by atoms with van der Waals surface area (Å²) in [7, 11) is 0. The van der Waals surface area contributed by atoms with Crippen LogP contribution in [0.1, 0.15) is 25.0 Å². The SMILES string of the molecule is CC1(C)C=C(n2nc(O)ccc2=O)c2cc(C#N)ccc2O1. The summed E-state index contributed by atoms with van der Waals surface area (Å²) in [6.07, 6.45) is 1.74. The van der Waals surface area contributed by atoms with Crippen LogP contribution in [0, 0.1) is 11.3 Å². The van der Waals surface area contributed by atoms with Crippen LogP contribution in [-0.2, 0) is 0 Å². The van der Waals surface area contributed by atoms with Gasteiger partial charge in [-0.1, -0.05) is 0 Å². The number of benzene rings is 1. The van der Waals surface area contributed by atoms with E-state index in [1.165, 1.54) is 12.1 Å². The maximum atomic E-state index is 12.1. The van der Waals surface area contributed by atoms with Gasteiger partial charge in [0.1, 0.15) is 11.4 Å². The van der Waals surface area contributed by atoms with Crippen LogP contribution in [0.4, 0.5) is 0 Å². The third kappa shape index (κ3) is 2.33. The Morgan fingerprint density at radius 2 is 2.09 bits per heavy atom. The summed E-state index contributed by atoms with van der Waals surface area (Å²) < 4.78 is 6.96. The molecule has 110 valence electrons. The van der Waals surface area contributed by atoms with E-state index in [1.54, 1.807) is 24.3 Å². The van der Waals surface area contributed by atoms with E-state index >= 15 is 0 Å². The molecule has 1 aliphatic rings. The second kappa shape index (κ2) is 4.74. The lowest BCUT2D eigenvalue weighted by molar-refractivity contribution is 0.157. The van der Waals surface area contributed by atoms with Gasteiger partial charge in [-0.05, 0) is 38.1 Å². The van der Waals surface area contributed by atoms with E-state index in [9.17, 15) is 9.90 Å². The van der Waals surface area contributed by atoms with Crippen molar-refractivity contribution in [2.24, 2.45) is 0 Å². The Morgan fingerprint density at radius 1 is 1.32 bits per heavy atom. The lowest BCUT2D eigenvalue weighted by Crippen LogP contribution is -2.32. The zero-order valence-corrected chi connectivity index (χ0v) is 12.1. The fourth-order valence-electron chi connectivity index (χ4n) is 2.36. The summed E-state index contributed by atoms with van der Waals surface area (Å²) >= 11 is 0. The van der Waals surface area contributed by atoms with Gasteiger partial charge >= 0.3 is 0 Å².